The van der Waals surface area contributed by atoms with Gasteiger partial charge >= 0.3 is 0 Å². The zero-order valence-corrected chi connectivity index (χ0v) is 13.6. The van der Waals surface area contributed by atoms with Crippen molar-refractivity contribution < 1.29 is 9.47 Å². The van der Waals surface area contributed by atoms with E-state index in [1.54, 1.807) is 0 Å². The molecule has 0 saturated carbocycles. The quantitative estimate of drug-likeness (QED) is 0.595. The largest absolute Gasteiger partial charge is 0.490 e. The predicted octanol–water partition coefficient (Wildman–Crippen LogP) is 3.73. The Hall–Kier alpha value is -2.07. The van der Waals surface area contributed by atoms with E-state index in [0.29, 0.717) is 18.2 Å². The van der Waals surface area contributed by atoms with Crippen molar-refractivity contribution in [2.45, 2.75) is 19.8 Å². The van der Waals surface area contributed by atoms with Gasteiger partial charge < -0.3 is 15.2 Å². The molecule has 0 saturated heterocycles. The molecule has 2 rings (SSSR count). The van der Waals surface area contributed by atoms with Crippen LogP contribution in [0.3, 0.4) is 0 Å². The lowest BCUT2D eigenvalue weighted by Gasteiger charge is -2.09. The summed E-state index contributed by atoms with van der Waals surface area (Å²) in [5, 5.41) is 0. The van der Waals surface area contributed by atoms with Gasteiger partial charge in [0.25, 0.3) is 0 Å². The Labute approximate surface area is 137 Å². The molecule has 0 atom stereocenters. The number of nitrogens with two attached hydrogens (primary N) is 1. The fraction of sp³-hybridized carbons (Fsp3) is 0.278. The van der Waals surface area contributed by atoms with Gasteiger partial charge in [-0.15, -0.1) is 0 Å². The molecular formula is C18H21NO2S. The van der Waals surface area contributed by atoms with Gasteiger partial charge in [-0.2, -0.15) is 0 Å². The first-order valence-corrected chi connectivity index (χ1v) is 7.84. The smallest absolute Gasteiger partial charge is 0.122 e. The minimum atomic E-state index is 0.369. The van der Waals surface area contributed by atoms with Crippen LogP contribution in [0.25, 0.3) is 0 Å². The Morgan fingerprint density at radius 2 is 1.68 bits per heavy atom. The summed E-state index contributed by atoms with van der Waals surface area (Å²) < 4.78 is 11.3. The number of hydrogen-bond acceptors (Lipinski definition) is 3. The van der Waals surface area contributed by atoms with Crippen molar-refractivity contribution in [2.75, 3.05) is 13.2 Å². The van der Waals surface area contributed by atoms with Crippen LogP contribution in [-0.4, -0.2) is 18.2 Å². The van der Waals surface area contributed by atoms with E-state index in [9.17, 15) is 0 Å². The molecule has 0 aliphatic rings. The molecule has 4 heteroatoms. The Bertz CT molecular complexity index is 611. The van der Waals surface area contributed by atoms with Gasteiger partial charge in [0, 0.05) is 5.56 Å². The molecule has 0 aliphatic heterocycles. The maximum Gasteiger partial charge on any atom is 0.122 e. The highest BCUT2D eigenvalue weighted by molar-refractivity contribution is 7.80. The van der Waals surface area contributed by atoms with Crippen molar-refractivity contribution in [1.82, 2.24) is 0 Å². The molecular weight excluding hydrogens is 294 g/mol. The first kappa shape index (κ1) is 16.3. The minimum Gasteiger partial charge on any atom is -0.490 e. The number of thiocarbonyl (C=S) groups is 1. The second-order valence-electron chi connectivity index (χ2n) is 4.98. The highest BCUT2D eigenvalue weighted by atomic mass is 32.1. The summed E-state index contributed by atoms with van der Waals surface area (Å²) >= 11 is 4.95. The van der Waals surface area contributed by atoms with Crippen LogP contribution in [0, 0.1) is 0 Å². The van der Waals surface area contributed by atoms with Crippen molar-refractivity contribution >= 4 is 17.2 Å². The molecule has 2 N–H and O–H groups in total. The minimum absolute atomic E-state index is 0.369. The molecule has 0 radical (unpaired) electrons. The van der Waals surface area contributed by atoms with E-state index < -0.39 is 0 Å². The molecule has 116 valence electrons. The van der Waals surface area contributed by atoms with Crippen LogP contribution in [-0.2, 0) is 6.42 Å². The van der Waals surface area contributed by atoms with Crippen molar-refractivity contribution in [3.05, 3.63) is 59.7 Å². The molecule has 22 heavy (non-hydrogen) atoms. The molecule has 0 spiro atoms. The van der Waals surface area contributed by atoms with Gasteiger partial charge in [0.2, 0.25) is 0 Å². The molecule has 3 nitrogen and oxygen atoms in total. The van der Waals surface area contributed by atoms with E-state index in [0.717, 1.165) is 29.9 Å². The van der Waals surface area contributed by atoms with Crippen LogP contribution in [0.5, 0.6) is 11.5 Å². The third-order valence-corrected chi connectivity index (χ3v) is 3.44. The van der Waals surface area contributed by atoms with Crippen LogP contribution in [0.1, 0.15) is 24.5 Å². The van der Waals surface area contributed by atoms with Crippen LogP contribution in [0.2, 0.25) is 0 Å². The van der Waals surface area contributed by atoms with Gasteiger partial charge in [0.05, 0.1) is 0 Å². The highest BCUT2D eigenvalue weighted by Crippen LogP contribution is 2.15. The summed E-state index contributed by atoms with van der Waals surface area (Å²) in [6.07, 6.45) is 2.25. The summed E-state index contributed by atoms with van der Waals surface area (Å²) in [4.78, 5) is 0.369. The van der Waals surface area contributed by atoms with Gasteiger partial charge in [-0.25, -0.2) is 0 Å². The number of benzene rings is 2. The van der Waals surface area contributed by atoms with Gasteiger partial charge in [0.1, 0.15) is 29.7 Å². The monoisotopic (exact) mass is 315 g/mol. The molecule has 0 aliphatic carbocycles. The van der Waals surface area contributed by atoms with E-state index in [1.165, 1.54) is 5.56 Å². The lowest BCUT2D eigenvalue weighted by atomic mass is 10.1. The third kappa shape index (κ3) is 5.04. The zero-order valence-electron chi connectivity index (χ0n) is 12.7. The fourth-order valence-electron chi connectivity index (χ4n) is 2.10. The summed E-state index contributed by atoms with van der Waals surface area (Å²) in [6.45, 7) is 3.13. The lowest BCUT2D eigenvalue weighted by molar-refractivity contribution is 0.217. The molecule has 2 aromatic carbocycles. The molecule has 0 amide bonds. The van der Waals surface area contributed by atoms with E-state index >= 15 is 0 Å². The topological polar surface area (TPSA) is 44.5 Å². The molecule has 0 fully saturated rings. The maximum absolute atomic E-state index is 5.66. The SMILES string of the molecule is CCCc1ccc(OCCOc2cccc(C(N)=S)c2)cc1. The Kier molecular flexibility index (Phi) is 6.22. The first-order valence-electron chi connectivity index (χ1n) is 7.43. The summed E-state index contributed by atoms with van der Waals surface area (Å²) in [5.41, 5.74) is 7.74. The maximum atomic E-state index is 5.66. The predicted molar refractivity (Wildman–Crippen MR) is 93.8 cm³/mol. The first-order chi connectivity index (χ1) is 10.7. The average Bonchev–Trinajstić information content (AvgIpc) is 2.54. The molecule has 0 aromatic heterocycles. The number of rotatable bonds is 8. The van der Waals surface area contributed by atoms with Gasteiger partial charge in [-0.3, -0.25) is 0 Å². The van der Waals surface area contributed by atoms with Gasteiger partial charge in [-0.1, -0.05) is 49.8 Å². The Morgan fingerprint density at radius 3 is 2.32 bits per heavy atom. The molecule has 2 aromatic rings. The van der Waals surface area contributed by atoms with Crippen LogP contribution in [0.4, 0.5) is 0 Å². The number of aryl methyl sites for hydroxylation is 1. The van der Waals surface area contributed by atoms with Crippen molar-refractivity contribution in [1.29, 1.82) is 0 Å². The summed E-state index contributed by atoms with van der Waals surface area (Å²) in [6, 6.07) is 15.7. The summed E-state index contributed by atoms with van der Waals surface area (Å²) in [7, 11) is 0. The van der Waals surface area contributed by atoms with Gasteiger partial charge in [-0.05, 0) is 36.2 Å². The van der Waals surface area contributed by atoms with Crippen molar-refractivity contribution in [2.24, 2.45) is 5.73 Å². The van der Waals surface area contributed by atoms with Gasteiger partial charge in [0.15, 0.2) is 0 Å². The van der Waals surface area contributed by atoms with E-state index in [4.69, 9.17) is 27.4 Å². The summed E-state index contributed by atoms with van der Waals surface area (Å²) in [5.74, 6) is 1.60. The third-order valence-electron chi connectivity index (χ3n) is 3.20. The number of ether oxygens (including phenoxy) is 2. The van der Waals surface area contributed by atoms with Crippen LogP contribution >= 0.6 is 12.2 Å². The fourth-order valence-corrected chi connectivity index (χ4v) is 2.23. The van der Waals surface area contributed by atoms with Crippen molar-refractivity contribution in [3.63, 3.8) is 0 Å². The van der Waals surface area contributed by atoms with E-state index in [-0.39, 0.29) is 0 Å². The standard InChI is InChI=1S/C18H21NO2S/c1-2-4-14-7-9-16(10-8-14)20-11-12-21-17-6-3-5-15(13-17)18(19)22/h3,5-10,13H,2,4,11-12H2,1H3,(H2,19,22). The highest BCUT2D eigenvalue weighted by Gasteiger charge is 2.00. The normalized spacial score (nSPS) is 10.2. The Balaban J connectivity index is 1.77. The Morgan fingerprint density at radius 1 is 1.00 bits per heavy atom. The van der Waals surface area contributed by atoms with E-state index in [1.807, 2.05) is 36.4 Å². The van der Waals surface area contributed by atoms with Crippen LogP contribution < -0.4 is 15.2 Å². The lowest BCUT2D eigenvalue weighted by Crippen LogP contribution is -2.11. The average molecular weight is 315 g/mol. The number of hydrogen-bond donors (Lipinski definition) is 1. The zero-order chi connectivity index (χ0) is 15.8. The second kappa shape index (κ2) is 8.39. The van der Waals surface area contributed by atoms with E-state index in [2.05, 4.69) is 19.1 Å². The molecule has 0 heterocycles. The second-order valence-corrected chi connectivity index (χ2v) is 5.42. The van der Waals surface area contributed by atoms with Crippen LogP contribution in [0.15, 0.2) is 48.5 Å². The molecule has 0 unspecified atom stereocenters. The molecule has 0 bridgehead atoms. The van der Waals surface area contributed by atoms with Crippen molar-refractivity contribution in [3.8, 4) is 11.5 Å².